The van der Waals surface area contributed by atoms with Gasteiger partial charge in [0.05, 0.1) is 12.8 Å². The topological polar surface area (TPSA) is 114 Å². The van der Waals surface area contributed by atoms with Crippen LogP contribution in [0.5, 0.6) is 0 Å². The number of H-pyrrole nitrogens is 1. The maximum Gasteiger partial charge on any atom is 0.412 e. The minimum atomic E-state index is -0.617. The average molecular weight is 328 g/mol. The third kappa shape index (κ3) is 3.69. The number of amides is 2. The van der Waals surface area contributed by atoms with Gasteiger partial charge in [-0.3, -0.25) is 10.1 Å². The number of ether oxygens (including phenoxy) is 1. The summed E-state index contributed by atoms with van der Waals surface area (Å²) < 4.78 is 4.73. The molecule has 3 aromatic rings. The SMILES string of the molecule is CCOC(=O)Nc1cnn(CC(=O)Nc2ccc3[nH]ccc3c2)n1. The van der Waals surface area contributed by atoms with Crippen LogP contribution < -0.4 is 10.6 Å². The summed E-state index contributed by atoms with van der Waals surface area (Å²) in [7, 11) is 0. The van der Waals surface area contributed by atoms with Gasteiger partial charge in [-0.05, 0) is 31.2 Å². The highest BCUT2D eigenvalue weighted by molar-refractivity contribution is 5.93. The Balaban J connectivity index is 1.58. The summed E-state index contributed by atoms with van der Waals surface area (Å²) in [5.41, 5.74) is 1.68. The van der Waals surface area contributed by atoms with Gasteiger partial charge in [-0.15, -0.1) is 5.10 Å². The molecule has 1 aromatic carbocycles. The van der Waals surface area contributed by atoms with E-state index in [0.717, 1.165) is 10.9 Å². The van der Waals surface area contributed by atoms with Crippen molar-refractivity contribution in [1.29, 1.82) is 0 Å². The predicted molar refractivity (Wildman–Crippen MR) is 87.6 cm³/mol. The maximum absolute atomic E-state index is 12.1. The molecule has 0 radical (unpaired) electrons. The fraction of sp³-hybridized carbons (Fsp3) is 0.200. The van der Waals surface area contributed by atoms with Crippen LogP contribution in [-0.2, 0) is 16.1 Å². The fourth-order valence-corrected chi connectivity index (χ4v) is 2.16. The minimum Gasteiger partial charge on any atom is -0.450 e. The van der Waals surface area contributed by atoms with Gasteiger partial charge in [0, 0.05) is 22.8 Å². The lowest BCUT2D eigenvalue weighted by Crippen LogP contribution is -2.20. The zero-order valence-electron chi connectivity index (χ0n) is 12.9. The monoisotopic (exact) mass is 328 g/mol. The van der Waals surface area contributed by atoms with Gasteiger partial charge in [0.25, 0.3) is 0 Å². The van der Waals surface area contributed by atoms with Crippen LogP contribution in [0.1, 0.15) is 6.92 Å². The van der Waals surface area contributed by atoms with Crippen molar-refractivity contribution in [1.82, 2.24) is 20.0 Å². The van der Waals surface area contributed by atoms with Crippen molar-refractivity contribution in [2.75, 3.05) is 17.2 Å². The maximum atomic E-state index is 12.1. The quantitative estimate of drug-likeness (QED) is 0.662. The summed E-state index contributed by atoms with van der Waals surface area (Å²) in [6.45, 7) is 1.88. The minimum absolute atomic E-state index is 0.0737. The molecule has 0 aliphatic heterocycles. The number of aromatic amines is 1. The molecule has 24 heavy (non-hydrogen) atoms. The molecule has 0 aliphatic carbocycles. The molecular weight excluding hydrogens is 312 g/mol. The van der Waals surface area contributed by atoms with Crippen LogP contribution >= 0.6 is 0 Å². The summed E-state index contributed by atoms with van der Waals surface area (Å²) in [6, 6.07) is 7.49. The van der Waals surface area contributed by atoms with E-state index in [1.807, 2.05) is 24.4 Å². The summed E-state index contributed by atoms with van der Waals surface area (Å²) in [5, 5.41) is 14.1. The van der Waals surface area contributed by atoms with E-state index in [9.17, 15) is 9.59 Å². The molecule has 0 saturated carbocycles. The van der Waals surface area contributed by atoms with Crippen LogP contribution in [0.15, 0.2) is 36.7 Å². The largest absolute Gasteiger partial charge is 0.450 e. The Bertz CT molecular complexity index is 869. The highest BCUT2D eigenvalue weighted by atomic mass is 16.5. The van der Waals surface area contributed by atoms with Crippen molar-refractivity contribution in [3.8, 4) is 0 Å². The van der Waals surface area contributed by atoms with Crippen molar-refractivity contribution in [2.45, 2.75) is 13.5 Å². The number of hydrogen-bond acceptors (Lipinski definition) is 5. The summed E-state index contributed by atoms with van der Waals surface area (Å²) in [5.74, 6) is -0.0573. The molecule has 124 valence electrons. The van der Waals surface area contributed by atoms with E-state index in [2.05, 4.69) is 25.8 Å². The summed E-state index contributed by atoms with van der Waals surface area (Å²) in [4.78, 5) is 27.6. The third-order valence-corrected chi connectivity index (χ3v) is 3.16. The molecular formula is C15H16N6O3. The number of benzene rings is 1. The molecule has 3 N–H and O–H groups in total. The Morgan fingerprint density at radius 1 is 1.29 bits per heavy atom. The first kappa shape index (κ1) is 15.5. The normalized spacial score (nSPS) is 10.5. The number of rotatable bonds is 5. The Hall–Kier alpha value is -3.36. The van der Waals surface area contributed by atoms with Gasteiger partial charge in [0.2, 0.25) is 5.91 Å². The third-order valence-electron chi connectivity index (χ3n) is 3.16. The lowest BCUT2D eigenvalue weighted by Gasteiger charge is -2.05. The number of carbonyl (C=O) groups is 2. The molecule has 0 fully saturated rings. The second-order valence-electron chi connectivity index (χ2n) is 4.93. The summed E-state index contributed by atoms with van der Waals surface area (Å²) >= 11 is 0. The van der Waals surface area contributed by atoms with Crippen molar-refractivity contribution in [3.63, 3.8) is 0 Å². The molecule has 0 atom stereocenters. The highest BCUT2D eigenvalue weighted by Crippen LogP contribution is 2.17. The molecule has 0 bridgehead atoms. The number of aromatic nitrogens is 4. The van der Waals surface area contributed by atoms with E-state index in [0.29, 0.717) is 5.69 Å². The zero-order chi connectivity index (χ0) is 16.9. The van der Waals surface area contributed by atoms with Crippen molar-refractivity contribution < 1.29 is 14.3 Å². The molecule has 0 saturated heterocycles. The van der Waals surface area contributed by atoms with Crippen LogP contribution in [0.25, 0.3) is 10.9 Å². The van der Waals surface area contributed by atoms with Gasteiger partial charge in [-0.1, -0.05) is 0 Å². The van der Waals surface area contributed by atoms with E-state index < -0.39 is 6.09 Å². The molecule has 2 amide bonds. The van der Waals surface area contributed by atoms with Gasteiger partial charge in [-0.2, -0.15) is 9.90 Å². The zero-order valence-corrected chi connectivity index (χ0v) is 12.9. The number of nitrogens with one attached hydrogen (secondary N) is 3. The van der Waals surface area contributed by atoms with Crippen molar-refractivity contribution in [3.05, 3.63) is 36.7 Å². The van der Waals surface area contributed by atoms with Crippen molar-refractivity contribution >= 4 is 34.4 Å². The van der Waals surface area contributed by atoms with E-state index >= 15 is 0 Å². The van der Waals surface area contributed by atoms with Crippen LogP contribution in [0.2, 0.25) is 0 Å². The predicted octanol–water partition coefficient (Wildman–Crippen LogP) is 1.97. The molecule has 0 spiro atoms. The summed E-state index contributed by atoms with van der Waals surface area (Å²) in [6.07, 6.45) is 2.56. The first-order valence-electron chi connectivity index (χ1n) is 7.35. The Labute approximate surface area is 137 Å². The molecule has 0 unspecified atom stereocenters. The molecule has 0 aliphatic rings. The van der Waals surface area contributed by atoms with E-state index in [1.54, 1.807) is 13.0 Å². The lowest BCUT2D eigenvalue weighted by molar-refractivity contribution is -0.117. The number of hydrogen-bond donors (Lipinski definition) is 3. The molecule has 3 rings (SSSR count). The molecule has 9 heteroatoms. The second kappa shape index (κ2) is 6.82. The average Bonchev–Trinajstić information content (AvgIpc) is 3.16. The van der Waals surface area contributed by atoms with E-state index in [1.165, 1.54) is 11.0 Å². The van der Waals surface area contributed by atoms with E-state index in [4.69, 9.17) is 4.74 Å². The van der Waals surface area contributed by atoms with Gasteiger partial charge < -0.3 is 15.0 Å². The van der Waals surface area contributed by atoms with Crippen LogP contribution in [-0.4, -0.2) is 38.6 Å². The van der Waals surface area contributed by atoms with Gasteiger partial charge in [0.1, 0.15) is 6.54 Å². The Morgan fingerprint density at radius 2 is 2.17 bits per heavy atom. The Morgan fingerprint density at radius 3 is 3.00 bits per heavy atom. The first-order chi connectivity index (χ1) is 11.6. The van der Waals surface area contributed by atoms with Gasteiger partial charge in [0.15, 0.2) is 5.82 Å². The lowest BCUT2D eigenvalue weighted by atomic mass is 10.2. The standard InChI is InChI=1S/C15H16N6O3/c1-2-24-15(23)19-13-8-17-21(20-13)9-14(22)18-11-3-4-12-10(7-11)5-6-16-12/h3-8,16H,2,9H2,1H3,(H,18,22)(H,19,20,23). The highest BCUT2D eigenvalue weighted by Gasteiger charge is 2.09. The first-order valence-corrected chi connectivity index (χ1v) is 7.35. The number of fused-ring (bicyclic) bond motifs is 1. The van der Waals surface area contributed by atoms with Crippen LogP contribution in [0.3, 0.4) is 0 Å². The smallest absolute Gasteiger partial charge is 0.412 e. The Kier molecular flexibility index (Phi) is 4.41. The van der Waals surface area contributed by atoms with Crippen LogP contribution in [0, 0.1) is 0 Å². The van der Waals surface area contributed by atoms with Gasteiger partial charge in [-0.25, -0.2) is 4.79 Å². The second-order valence-corrected chi connectivity index (χ2v) is 4.93. The number of nitrogens with zero attached hydrogens (tertiary/aromatic N) is 3. The van der Waals surface area contributed by atoms with Crippen molar-refractivity contribution in [2.24, 2.45) is 0 Å². The number of carbonyl (C=O) groups excluding carboxylic acids is 2. The molecule has 2 aromatic heterocycles. The van der Waals surface area contributed by atoms with E-state index in [-0.39, 0.29) is 24.9 Å². The van der Waals surface area contributed by atoms with Crippen LogP contribution in [0.4, 0.5) is 16.3 Å². The molecule has 9 nitrogen and oxygen atoms in total. The number of anilines is 2. The fourth-order valence-electron chi connectivity index (χ4n) is 2.16. The molecule has 2 heterocycles. The van der Waals surface area contributed by atoms with Gasteiger partial charge >= 0.3 is 6.09 Å².